The molecular weight excluding hydrogens is 735 g/mol. The molecule has 0 atom stereocenters. The van der Waals surface area contributed by atoms with Crippen LogP contribution in [0.5, 0.6) is 0 Å². The van der Waals surface area contributed by atoms with Crippen LogP contribution in [0.15, 0.2) is 217 Å². The molecule has 59 heavy (non-hydrogen) atoms. The van der Waals surface area contributed by atoms with E-state index >= 15 is 0 Å². The van der Waals surface area contributed by atoms with Gasteiger partial charge in [0.1, 0.15) is 11.2 Å². The van der Waals surface area contributed by atoms with Gasteiger partial charge in [-0.25, -0.2) is 0 Å². The molecule has 0 unspecified atom stereocenters. The van der Waals surface area contributed by atoms with Crippen LogP contribution in [-0.4, -0.2) is 0 Å². The smallest absolute Gasteiger partial charge is 0.137 e. The zero-order chi connectivity index (χ0) is 38.9. The lowest BCUT2D eigenvalue weighted by molar-refractivity contribution is 0.669. The van der Waals surface area contributed by atoms with Crippen LogP contribution < -0.4 is 4.90 Å². The summed E-state index contributed by atoms with van der Waals surface area (Å²) in [4.78, 5) is 2.40. The largest absolute Gasteiger partial charge is 0.456 e. The number of nitrogens with zero attached hydrogens (tertiary/aromatic N) is 1. The standard InChI is InChI=1S/C56H35NOS/c1-2-12-37(13-3-1)44-29-24-40(50-33-39-14-4-5-15-43(39)45-16-6-7-17-46(45)50)34-52(44)57(42-28-30-48-47-18-8-10-20-53(47)58-54(48)35-42)41-26-22-36(23-27-41)38-25-31-56-51(32-38)49-19-9-11-21-55(49)59-56/h1-35H. The summed E-state index contributed by atoms with van der Waals surface area (Å²) in [6, 6.07) is 77.1. The highest BCUT2D eigenvalue weighted by atomic mass is 32.1. The molecule has 0 amide bonds. The molecule has 2 aromatic heterocycles. The molecule has 0 aliphatic carbocycles. The van der Waals surface area contributed by atoms with Crippen LogP contribution in [0.2, 0.25) is 0 Å². The van der Waals surface area contributed by atoms with Gasteiger partial charge in [-0.05, 0) is 110 Å². The van der Waals surface area contributed by atoms with Crippen LogP contribution in [-0.2, 0) is 0 Å². The van der Waals surface area contributed by atoms with Crippen molar-refractivity contribution in [2.75, 3.05) is 4.90 Å². The van der Waals surface area contributed by atoms with E-state index in [0.29, 0.717) is 0 Å². The summed E-state index contributed by atoms with van der Waals surface area (Å²) in [5, 5.41) is 9.83. The van der Waals surface area contributed by atoms with Gasteiger partial charge in [-0.3, -0.25) is 0 Å². The number of para-hydroxylation sites is 1. The van der Waals surface area contributed by atoms with E-state index in [9.17, 15) is 0 Å². The average molecular weight is 770 g/mol. The Balaban J connectivity index is 1.08. The maximum Gasteiger partial charge on any atom is 0.137 e. The van der Waals surface area contributed by atoms with Crippen LogP contribution in [0.25, 0.3) is 97.0 Å². The lowest BCUT2D eigenvalue weighted by Crippen LogP contribution is -2.11. The van der Waals surface area contributed by atoms with Crippen LogP contribution in [0.3, 0.4) is 0 Å². The predicted octanol–water partition coefficient (Wildman–Crippen LogP) is 16.7. The first-order chi connectivity index (χ1) is 29.2. The quantitative estimate of drug-likeness (QED) is 0.157. The van der Waals surface area contributed by atoms with E-state index in [4.69, 9.17) is 4.42 Å². The number of anilines is 3. The second kappa shape index (κ2) is 13.6. The SMILES string of the molecule is c1ccc(-c2ccc(-c3cc4ccccc4c4ccccc34)cc2N(c2ccc(-c3ccc4sc5ccccc5c4c3)cc2)c2ccc3c(c2)oc2ccccc23)cc1. The molecule has 2 heterocycles. The summed E-state index contributed by atoms with van der Waals surface area (Å²) in [5.74, 6) is 0. The van der Waals surface area contributed by atoms with Crippen molar-refractivity contribution >= 4 is 92.1 Å². The molecule has 0 bridgehead atoms. The fourth-order valence-corrected chi connectivity index (χ4v) is 10.1. The summed E-state index contributed by atoms with van der Waals surface area (Å²) in [6.07, 6.45) is 0. The summed E-state index contributed by atoms with van der Waals surface area (Å²) >= 11 is 1.85. The molecule has 10 aromatic carbocycles. The lowest BCUT2D eigenvalue weighted by atomic mass is 9.91. The van der Waals surface area contributed by atoms with Gasteiger partial charge >= 0.3 is 0 Å². The normalized spacial score (nSPS) is 11.7. The average Bonchev–Trinajstić information content (AvgIpc) is 3.87. The Morgan fingerprint density at radius 2 is 0.966 bits per heavy atom. The van der Waals surface area contributed by atoms with E-state index < -0.39 is 0 Å². The molecular formula is C56H35NOS. The summed E-state index contributed by atoms with van der Waals surface area (Å²) < 4.78 is 9.15. The zero-order valence-corrected chi connectivity index (χ0v) is 32.8. The highest BCUT2D eigenvalue weighted by Crippen LogP contribution is 2.46. The predicted molar refractivity (Wildman–Crippen MR) is 253 cm³/mol. The number of thiophene rings is 1. The first kappa shape index (κ1) is 33.7. The van der Waals surface area contributed by atoms with Crippen molar-refractivity contribution in [1.82, 2.24) is 0 Å². The van der Waals surface area contributed by atoms with Crippen molar-refractivity contribution in [3.63, 3.8) is 0 Å². The van der Waals surface area contributed by atoms with Gasteiger partial charge in [0.25, 0.3) is 0 Å². The highest BCUT2D eigenvalue weighted by Gasteiger charge is 2.21. The van der Waals surface area contributed by atoms with Crippen LogP contribution in [0.4, 0.5) is 17.1 Å². The minimum atomic E-state index is 0.861. The third-order valence-electron chi connectivity index (χ3n) is 11.9. The molecule has 0 saturated heterocycles. The van der Waals surface area contributed by atoms with E-state index in [1.807, 2.05) is 23.5 Å². The molecule has 0 spiro atoms. The molecule has 2 nitrogen and oxygen atoms in total. The number of hydrogen-bond acceptors (Lipinski definition) is 3. The first-order valence-electron chi connectivity index (χ1n) is 20.1. The van der Waals surface area contributed by atoms with Gasteiger partial charge in [0.2, 0.25) is 0 Å². The number of benzene rings is 10. The van der Waals surface area contributed by atoms with Gasteiger partial charge in [0, 0.05) is 53.9 Å². The Morgan fingerprint density at radius 1 is 0.322 bits per heavy atom. The van der Waals surface area contributed by atoms with E-state index in [1.54, 1.807) is 0 Å². The van der Waals surface area contributed by atoms with Crippen molar-refractivity contribution in [3.05, 3.63) is 212 Å². The number of hydrogen-bond donors (Lipinski definition) is 0. The number of fused-ring (bicyclic) bond motifs is 9. The lowest BCUT2D eigenvalue weighted by Gasteiger charge is -2.29. The molecule has 0 N–H and O–H groups in total. The molecule has 12 rings (SSSR count). The van der Waals surface area contributed by atoms with Crippen molar-refractivity contribution in [2.24, 2.45) is 0 Å². The number of rotatable bonds is 6. The molecule has 0 aliphatic heterocycles. The van der Waals surface area contributed by atoms with Gasteiger partial charge in [-0.2, -0.15) is 0 Å². The van der Waals surface area contributed by atoms with E-state index in [0.717, 1.165) is 55.7 Å². The minimum Gasteiger partial charge on any atom is -0.456 e. The van der Waals surface area contributed by atoms with Crippen LogP contribution in [0.1, 0.15) is 0 Å². The van der Waals surface area contributed by atoms with E-state index in [2.05, 4.69) is 205 Å². The Hall–Kier alpha value is -7.46. The van der Waals surface area contributed by atoms with Crippen molar-refractivity contribution in [1.29, 1.82) is 0 Å². The highest BCUT2D eigenvalue weighted by molar-refractivity contribution is 7.25. The van der Waals surface area contributed by atoms with Gasteiger partial charge in [0.05, 0.1) is 5.69 Å². The maximum atomic E-state index is 6.52. The Bertz CT molecular complexity index is 3560. The van der Waals surface area contributed by atoms with Crippen molar-refractivity contribution < 1.29 is 4.42 Å². The molecule has 0 saturated carbocycles. The third kappa shape index (κ3) is 5.62. The molecule has 276 valence electrons. The minimum absolute atomic E-state index is 0.861. The Kier molecular flexibility index (Phi) is 7.75. The maximum absolute atomic E-state index is 6.52. The number of furan rings is 1. The monoisotopic (exact) mass is 769 g/mol. The molecule has 0 aliphatic rings. The van der Waals surface area contributed by atoms with Gasteiger partial charge in [0.15, 0.2) is 0 Å². The summed E-state index contributed by atoms with van der Waals surface area (Å²) in [7, 11) is 0. The topological polar surface area (TPSA) is 16.4 Å². The fraction of sp³-hybridized carbons (Fsp3) is 0. The molecule has 0 radical (unpaired) electrons. The molecule has 0 fully saturated rings. The molecule has 12 aromatic rings. The second-order valence-corrected chi connectivity index (χ2v) is 16.3. The van der Waals surface area contributed by atoms with Crippen LogP contribution in [0, 0.1) is 0 Å². The van der Waals surface area contributed by atoms with Gasteiger partial charge in [-0.1, -0.05) is 146 Å². The third-order valence-corrected chi connectivity index (χ3v) is 13.0. The first-order valence-corrected chi connectivity index (χ1v) is 20.9. The van der Waals surface area contributed by atoms with E-state index in [-0.39, 0.29) is 0 Å². The van der Waals surface area contributed by atoms with Gasteiger partial charge in [-0.15, -0.1) is 11.3 Å². The summed E-state index contributed by atoms with van der Waals surface area (Å²) in [5.41, 5.74) is 12.0. The Labute approximate surface area is 345 Å². The second-order valence-electron chi connectivity index (χ2n) is 15.3. The van der Waals surface area contributed by atoms with Gasteiger partial charge < -0.3 is 9.32 Å². The Morgan fingerprint density at radius 3 is 1.83 bits per heavy atom. The van der Waals surface area contributed by atoms with E-state index in [1.165, 1.54) is 58.4 Å². The van der Waals surface area contributed by atoms with Crippen molar-refractivity contribution in [2.45, 2.75) is 0 Å². The van der Waals surface area contributed by atoms with Crippen LogP contribution >= 0.6 is 11.3 Å². The van der Waals surface area contributed by atoms with Crippen molar-refractivity contribution in [3.8, 4) is 33.4 Å². The summed E-state index contributed by atoms with van der Waals surface area (Å²) in [6.45, 7) is 0. The zero-order valence-electron chi connectivity index (χ0n) is 32.0. The molecule has 3 heteroatoms. The fourth-order valence-electron chi connectivity index (χ4n) is 9.03.